The summed E-state index contributed by atoms with van der Waals surface area (Å²) in [6, 6.07) is 14.3. The van der Waals surface area contributed by atoms with Crippen molar-refractivity contribution in [3.63, 3.8) is 0 Å². The van der Waals surface area contributed by atoms with Crippen LogP contribution in [0.2, 0.25) is 0 Å². The number of methoxy groups -OCH3 is 1. The van der Waals surface area contributed by atoms with Gasteiger partial charge in [-0.05, 0) is 24.1 Å². The summed E-state index contributed by atoms with van der Waals surface area (Å²) in [6.07, 6.45) is 2.54. The van der Waals surface area contributed by atoms with Crippen LogP contribution in [0.25, 0.3) is 0 Å². The van der Waals surface area contributed by atoms with Crippen molar-refractivity contribution in [1.82, 2.24) is 15.6 Å². The van der Waals surface area contributed by atoms with E-state index >= 15 is 0 Å². The van der Waals surface area contributed by atoms with Crippen molar-refractivity contribution in [3.8, 4) is 0 Å². The Kier molecular flexibility index (Phi) is 6.57. The Balaban J connectivity index is 1.71. The van der Waals surface area contributed by atoms with Crippen molar-refractivity contribution >= 4 is 11.7 Å². The molecule has 0 radical (unpaired) electrons. The normalized spacial score (nSPS) is 17.1. The number of benzene rings is 1. The quantitative estimate of drug-likeness (QED) is 0.745. The molecule has 6 heteroatoms. The highest BCUT2D eigenvalue weighted by molar-refractivity contribution is 5.98. The number of carbonyl (C=O) groups is 1. The zero-order valence-electron chi connectivity index (χ0n) is 15.1. The summed E-state index contributed by atoms with van der Waals surface area (Å²) in [4.78, 5) is 19.3. The van der Waals surface area contributed by atoms with Crippen LogP contribution < -0.4 is 15.5 Å². The number of ether oxygens (including phenoxy) is 1. The van der Waals surface area contributed by atoms with Gasteiger partial charge in [0.1, 0.15) is 5.82 Å². The molecule has 1 aliphatic heterocycles. The van der Waals surface area contributed by atoms with Gasteiger partial charge in [-0.3, -0.25) is 4.79 Å². The molecule has 26 heavy (non-hydrogen) atoms. The third-order valence-electron chi connectivity index (χ3n) is 4.52. The van der Waals surface area contributed by atoms with Gasteiger partial charge in [0.05, 0.1) is 5.56 Å². The van der Waals surface area contributed by atoms with Gasteiger partial charge in [0.15, 0.2) is 0 Å². The molecule has 2 heterocycles. The van der Waals surface area contributed by atoms with Crippen LogP contribution in [0, 0.1) is 0 Å². The second kappa shape index (κ2) is 9.31. The number of anilines is 1. The van der Waals surface area contributed by atoms with Gasteiger partial charge in [-0.2, -0.15) is 0 Å². The van der Waals surface area contributed by atoms with E-state index in [0.717, 1.165) is 31.9 Å². The molecule has 3 rings (SSSR count). The van der Waals surface area contributed by atoms with E-state index < -0.39 is 0 Å². The van der Waals surface area contributed by atoms with E-state index in [0.29, 0.717) is 18.7 Å². The third-order valence-corrected chi connectivity index (χ3v) is 4.52. The van der Waals surface area contributed by atoms with Gasteiger partial charge in [0, 0.05) is 52.1 Å². The van der Waals surface area contributed by atoms with Gasteiger partial charge >= 0.3 is 0 Å². The molecule has 1 atom stereocenters. The maximum Gasteiger partial charge on any atom is 0.255 e. The fourth-order valence-electron chi connectivity index (χ4n) is 3.19. The molecule has 2 aromatic rings. The van der Waals surface area contributed by atoms with Crippen molar-refractivity contribution in [2.45, 2.75) is 12.5 Å². The molecular formula is C20H26N4O2. The second-order valence-electron chi connectivity index (χ2n) is 6.34. The highest BCUT2D eigenvalue weighted by Crippen LogP contribution is 2.23. The Labute approximate surface area is 154 Å². The number of hydrogen-bond donors (Lipinski definition) is 2. The number of amides is 1. The maximum atomic E-state index is 12.6. The lowest BCUT2D eigenvalue weighted by Crippen LogP contribution is -2.46. The van der Waals surface area contributed by atoms with Crippen LogP contribution in [-0.4, -0.2) is 50.8 Å². The summed E-state index contributed by atoms with van der Waals surface area (Å²) in [5, 5.41) is 6.50. The second-order valence-corrected chi connectivity index (χ2v) is 6.34. The van der Waals surface area contributed by atoms with Crippen molar-refractivity contribution in [3.05, 3.63) is 59.8 Å². The van der Waals surface area contributed by atoms with Crippen molar-refractivity contribution in [2.75, 3.05) is 44.8 Å². The highest BCUT2D eigenvalue weighted by Gasteiger charge is 2.24. The van der Waals surface area contributed by atoms with E-state index in [1.54, 1.807) is 13.3 Å². The monoisotopic (exact) mass is 354 g/mol. The molecule has 0 bridgehead atoms. The highest BCUT2D eigenvalue weighted by atomic mass is 16.5. The van der Waals surface area contributed by atoms with Crippen LogP contribution in [0.5, 0.6) is 0 Å². The van der Waals surface area contributed by atoms with E-state index in [2.05, 4.69) is 44.8 Å². The SMILES string of the molecule is COCCCNC(=O)c1cccnc1N1CCNC(c2ccccc2)C1. The lowest BCUT2D eigenvalue weighted by atomic mass is 10.0. The summed E-state index contributed by atoms with van der Waals surface area (Å²) in [7, 11) is 1.66. The summed E-state index contributed by atoms with van der Waals surface area (Å²) < 4.78 is 5.02. The van der Waals surface area contributed by atoms with Gasteiger partial charge in [-0.1, -0.05) is 30.3 Å². The Morgan fingerprint density at radius 3 is 2.96 bits per heavy atom. The average molecular weight is 354 g/mol. The fraction of sp³-hybridized carbons (Fsp3) is 0.400. The Bertz CT molecular complexity index is 708. The number of rotatable bonds is 7. The maximum absolute atomic E-state index is 12.6. The van der Waals surface area contributed by atoms with Crippen molar-refractivity contribution < 1.29 is 9.53 Å². The summed E-state index contributed by atoms with van der Waals surface area (Å²) in [6.45, 7) is 3.69. The first kappa shape index (κ1) is 18.4. The number of aromatic nitrogens is 1. The molecular weight excluding hydrogens is 328 g/mol. The van der Waals surface area contributed by atoms with Gasteiger partial charge in [-0.15, -0.1) is 0 Å². The molecule has 1 aromatic heterocycles. The molecule has 138 valence electrons. The first-order valence-electron chi connectivity index (χ1n) is 9.05. The van der Waals surface area contributed by atoms with Gasteiger partial charge in [-0.25, -0.2) is 4.98 Å². The number of nitrogens with zero attached hydrogens (tertiary/aromatic N) is 2. The first-order valence-corrected chi connectivity index (χ1v) is 9.05. The number of carbonyl (C=O) groups excluding carboxylic acids is 1. The first-order chi connectivity index (χ1) is 12.8. The molecule has 2 N–H and O–H groups in total. The number of hydrogen-bond acceptors (Lipinski definition) is 5. The third kappa shape index (κ3) is 4.59. The van der Waals surface area contributed by atoms with E-state index in [-0.39, 0.29) is 11.9 Å². The number of pyridine rings is 1. The minimum absolute atomic E-state index is 0.0843. The topological polar surface area (TPSA) is 66.5 Å². The van der Waals surface area contributed by atoms with Gasteiger partial charge < -0.3 is 20.3 Å². The number of piperazine rings is 1. The zero-order chi connectivity index (χ0) is 18.2. The minimum Gasteiger partial charge on any atom is -0.385 e. The molecule has 1 fully saturated rings. The molecule has 0 spiro atoms. The molecule has 1 saturated heterocycles. The summed E-state index contributed by atoms with van der Waals surface area (Å²) >= 11 is 0. The van der Waals surface area contributed by atoms with Crippen LogP contribution >= 0.6 is 0 Å². The number of nitrogens with one attached hydrogen (secondary N) is 2. The standard InChI is InChI=1S/C20H26N4O2/c1-26-14-6-11-23-20(25)17-9-5-10-22-19(17)24-13-12-21-18(15-24)16-7-3-2-4-8-16/h2-5,7-10,18,21H,6,11-15H2,1H3,(H,23,25). The van der Waals surface area contributed by atoms with Gasteiger partial charge in [0.25, 0.3) is 5.91 Å². The van der Waals surface area contributed by atoms with Crippen LogP contribution in [0.4, 0.5) is 5.82 Å². The lowest BCUT2D eigenvalue weighted by Gasteiger charge is -2.35. The lowest BCUT2D eigenvalue weighted by molar-refractivity contribution is 0.0948. The Morgan fingerprint density at radius 2 is 2.15 bits per heavy atom. The molecule has 0 saturated carbocycles. The Hall–Kier alpha value is -2.44. The van der Waals surface area contributed by atoms with E-state index in [1.807, 2.05) is 18.2 Å². The van der Waals surface area contributed by atoms with Crippen LogP contribution in [0.15, 0.2) is 48.7 Å². The predicted molar refractivity (Wildman–Crippen MR) is 102 cm³/mol. The largest absolute Gasteiger partial charge is 0.385 e. The fourth-order valence-corrected chi connectivity index (χ4v) is 3.19. The van der Waals surface area contributed by atoms with E-state index in [1.165, 1.54) is 5.56 Å². The molecule has 1 unspecified atom stereocenters. The molecule has 6 nitrogen and oxygen atoms in total. The van der Waals surface area contributed by atoms with Crippen molar-refractivity contribution in [2.24, 2.45) is 0 Å². The Morgan fingerprint density at radius 1 is 1.31 bits per heavy atom. The predicted octanol–water partition coefficient (Wildman–Crippen LogP) is 2.00. The summed E-state index contributed by atoms with van der Waals surface area (Å²) in [5.74, 6) is 0.665. The molecule has 1 aliphatic rings. The average Bonchev–Trinajstić information content (AvgIpc) is 2.72. The molecule has 0 aliphatic carbocycles. The van der Waals surface area contributed by atoms with E-state index in [4.69, 9.17) is 4.74 Å². The van der Waals surface area contributed by atoms with Gasteiger partial charge in [0.2, 0.25) is 0 Å². The minimum atomic E-state index is -0.0843. The van der Waals surface area contributed by atoms with Crippen LogP contribution in [0.3, 0.4) is 0 Å². The zero-order valence-corrected chi connectivity index (χ0v) is 15.1. The smallest absolute Gasteiger partial charge is 0.255 e. The van der Waals surface area contributed by atoms with E-state index in [9.17, 15) is 4.79 Å². The summed E-state index contributed by atoms with van der Waals surface area (Å²) in [5.41, 5.74) is 1.87. The van der Waals surface area contributed by atoms with Crippen LogP contribution in [-0.2, 0) is 4.74 Å². The van der Waals surface area contributed by atoms with Crippen LogP contribution in [0.1, 0.15) is 28.4 Å². The van der Waals surface area contributed by atoms with Crippen molar-refractivity contribution in [1.29, 1.82) is 0 Å². The molecule has 1 aromatic carbocycles. The molecule has 1 amide bonds.